The second-order valence-electron chi connectivity index (χ2n) is 4.14. The van der Waals surface area contributed by atoms with Gasteiger partial charge in [-0.3, -0.25) is 4.79 Å². The largest absolute Gasteiger partial charge is 0.481 e. The summed E-state index contributed by atoms with van der Waals surface area (Å²) in [6.07, 6.45) is 0. The number of anilines is 1. The molecule has 1 aliphatic heterocycles. The van der Waals surface area contributed by atoms with E-state index in [2.05, 4.69) is 9.71 Å². The van der Waals surface area contributed by atoms with Crippen LogP contribution >= 0.6 is 11.8 Å². The minimum atomic E-state index is -3.77. The number of nitrogens with one attached hydrogen (secondary N) is 1. The number of carboxylic acid groups (broad SMARTS) is 1. The molecule has 0 bridgehead atoms. The van der Waals surface area contributed by atoms with Gasteiger partial charge in [-0.2, -0.15) is 8.42 Å². The van der Waals surface area contributed by atoms with E-state index in [1.807, 2.05) is 6.92 Å². The van der Waals surface area contributed by atoms with E-state index in [-0.39, 0.29) is 15.8 Å². The molecule has 1 aromatic carbocycles. The predicted octanol–water partition coefficient (Wildman–Crippen LogP) is 1.59. The van der Waals surface area contributed by atoms with Crippen LogP contribution < -0.4 is 5.32 Å². The summed E-state index contributed by atoms with van der Waals surface area (Å²) in [5, 5.41) is 11.5. The summed E-state index contributed by atoms with van der Waals surface area (Å²) < 4.78 is 27.7. The number of amidine groups is 1. The van der Waals surface area contributed by atoms with Crippen LogP contribution in [0, 0.1) is 13.8 Å². The fraction of sp³-hybridized carbons (Fsp3) is 0.273. The van der Waals surface area contributed by atoms with E-state index in [4.69, 9.17) is 5.11 Å². The van der Waals surface area contributed by atoms with Gasteiger partial charge in [-0.15, -0.1) is 4.40 Å². The lowest BCUT2D eigenvalue weighted by Gasteiger charge is -2.19. The number of hydrogen-bond acceptors (Lipinski definition) is 5. The molecule has 0 aromatic heterocycles. The number of aliphatic carboxylic acids is 1. The van der Waals surface area contributed by atoms with Crippen LogP contribution in [0.25, 0.3) is 0 Å². The number of carbonyl (C=O) groups is 1. The molecule has 0 saturated carbocycles. The quantitative estimate of drug-likeness (QED) is 0.861. The average molecular weight is 300 g/mol. The topological polar surface area (TPSA) is 95.8 Å². The van der Waals surface area contributed by atoms with Crippen molar-refractivity contribution in [2.45, 2.75) is 18.7 Å². The van der Waals surface area contributed by atoms with Gasteiger partial charge in [0.15, 0.2) is 5.17 Å². The average Bonchev–Trinajstić information content (AvgIpc) is 2.23. The van der Waals surface area contributed by atoms with Crippen LogP contribution in [0.2, 0.25) is 0 Å². The molecule has 6 nitrogen and oxygen atoms in total. The maximum atomic E-state index is 12.1. The number of aryl methyl sites for hydroxylation is 2. The third-order valence-electron chi connectivity index (χ3n) is 2.45. The molecule has 1 aliphatic rings. The first-order chi connectivity index (χ1) is 8.79. The zero-order chi connectivity index (χ0) is 14.2. The van der Waals surface area contributed by atoms with E-state index in [0.29, 0.717) is 11.3 Å². The highest BCUT2D eigenvalue weighted by Crippen LogP contribution is 2.33. The maximum absolute atomic E-state index is 12.1. The normalized spacial score (nSPS) is 16.2. The summed E-state index contributed by atoms with van der Waals surface area (Å²) in [6, 6.07) is 3.47. The molecule has 0 radical (unpaired) electrons. The van der Waals surface area contributed by atoms with Gasteiger partial charge < -0.3 is 10.4 Å². The van der Waals surface area contributed by atoms with Crippen LogP contribution in [0.1, 0.15) is 11.1 Å². The summed E-state index contributed by atoms with van der Waals surface area (Å²) >= 11 is 0.843. The summed E-state index contributed by atoms with van der Waals surface area (Å²) in [6.45, 7) is 3.56. The molecule has 0 aliphatic carbocycles. The number of rotatable bonds is 2. The van der Waals surface area contributed by atoms with E-state index in [9.17, 15) is 13.2 Å². The van der Waals surface area contributed by atoms with Crippen LogP contribution in [0.15, 0.2) is 21.4 Å². The van der Waals surface area contributed by atoms with Crippen molar-refractivity contribution in [2.24, 2.45) is 4.40 Å². The Hall–Kier alpha value is -1.54. The molecule has 0 fully saturated rings. The molecule has 2 rings (SSSR count). The van der Waals surface area contributed by atoms with Gasteiger partial charge in [-0.25, -0.2) is 0 Å². The van der Waals surface area contributed by atoms with Gasteiger partial charge in [-0.05, 0) is 31.0 Å². The fourth-order valence-corrected chi connectivity index (χ4v) is 4.03. The third-order valence-corrected chi connectivity index (χ3v) is 4.91. The SMILES string of the molecule is Cc1cc(C)c2c(c1)NC(SCC(=O)O)=NS2(=O)=O. The Balaban J connectivity index is 2.44. The third kappa shape index (κ3) is 2.90. The number of carboxylic acids is 1. The van der Waals surface area contributed by atoms with Crippen LogP contribution in [0.3, 0.4) is 0 Å². The molecule has 0 spiro atoms. The van der Waals surface area contributed by atoms with E-state index >= 15 is 0 Å². The van der Waals surface area contributed by atoms with Crippen LogP contribution in [-0.4, -0.2) is 30.4 Å². The predicted molar refractivity (Wildman–Crippen MR) is 74.3 cm³/mol. The molecule has 1 aromatic rings. The Morgan fingerprint density at radius 1 is 1.42 bits per heavy atom. The van der Waals surface area contributed by atoms with E-state index in [0.717, 1.165) is 17.3 Å². The van der Waals surface area contributed by atoms with Gasteiger partial charge in [0, 0.05) is 0 Å². The lowest BCUT2D eigenvalue weighted by Crippen LogP contribution is -2.21. The number of fused-ring (bicyclic) bond motifs is 1. The van der Waals surface area contributed by atoms with Crippen molar-refractivity contribution in [1.29, 1.82) is 0 Å². The molecule has 102 valence electrons. The van der Waals surface area contributed by atoms with Gasteiger partial charge in [0.25, 0.3) is 10.0 Å². The molecule has 19 heavy (non-hydrogen) atoms. The first-order valence-corrected chi connectivity index (χ1v) is 7.80. The molecule has 0 unspecified atom stereocenters. The van der Waals surface area contributed by atoms with Crippen molar-refractivity contribution < 1.29 is 18.3 Å². The van der Waals surface area contributed by atoms with Gasteiger partial charge in [0.1, 0.15) is 4.90 Å². The van der Waals surface area contributed by atoms with Crippen molar-refractivity contribution in [3.8, 4) is 0 Å². The summed E-state index contributed by atoms with van der Waals surface area (Å²) in [5.74, 6) is -1.28. The summed E-state index contributed by atoms with van der Waals surface area (Å²) in [5.41, 5.74) is 1.98. The van der Waals surface area contributed by atoms with Gasteiger partial charge in [-0.1, -0.05) is 17.8 Å². The fourth-order valence-electron chi connectivity index (χ4n) is 1.87. The monoisotopic (exact) mass is 300 g/mol. The Labute approximate surface area is 115 Å². The van der Waals surface area contributed by atoms with Crippen molar-refractivity contribution in [3.05, 3.63) is 23.3 Å². The number of benzene rings is 1. The number of hydrogen-bond donors (Lipinski definition) is 2. The maximum Gasteiger partial charge on any atom is 0.313 e. The first-order valence-electron chi connectivity index (χ1n) is 5.37. The lowest BCUT2D eigenvalue weighted by molar-refractivity contribution is -0.133. The van der Waals surface area contributed by atoms with Gasteiger partial charge in [0.2, 0.25) is 0 Å². The van der Waals surface area contributed by atoms with E-state index < -0.39 is 16.0 Å². The zero-order valence-corrected chi connectivity index (χ0v) is 11.9. The first kappa shape index (κ1) is 13.9. The van der Waals surface area contributed by atoms with E-state index in [1.54, 1.807) is 19.1 Å². The van der Waals surface area contributed by atoms with Gasteiger partial charge in [0.05, 0.1) is 11.4 Å². The number of nitrogens with zero attached hydrogens (tertiary/aromatic N) is 1. The molecule has 8 heteroatoms. The van der Waals surface area contributed by atoms with Crippen molar-refractivity contribution in [3.63, 3.8) is 0 Å². The minimum Gasteiger partial charge on any atom is -0.481 e. The lowest BCUT2D eigenvalue weighted by atomic mass is 10.1. The minimum absolute atomic E-state index is 0.0832. The molecule has 0 saturated heterocycles. The summed E-state index contributed by atoms with van der Waals surface area (Å²) in [7, 11) is -3.77. The summed E-state index contributed by atoms with van der Waals surface area (Å²) in [4.78, 5) is 10.7. The molecular weight excluding hydrogens is 288 g/mol. The highest BCUT2D eigenvalue weighted by molar-refractivity contribution is 8.15. The Morgan fingerprint density at radius 3 is 2.74 bits per heavy atom. The second-order valence-corrected chi connectivity index (χ2v) is 6.64. The van der Waals surface area contributed by atoms with Crippen molar-refractivity contribution in [1.82, 2.24) is 0 Å². The zero-order valence-electron chi connectivity index (χ0n) is 10.3. The number of thioether (sulfide) groups is 1. The standard InChI is InChI=1S/C11H12N2O4S2/c1-6-3-7(2)10-8(4-6)12-11(13-19(10,16)17)18-5-9(14)15/h3-4H,5H2,1-2H3,(H,12,13)(H,14,15). The highest BCUT2D eigenvalue weighted by Gasteiger charge is 2.27. The number of sulfonamides is 1. The van der Waals surface area contributed by atoms with Crippen molar-refractivity contribution >= 4 is 38.6 Å². The Kier molecular flexibility index (Phi) is 3.55. The van der Waals surface area contributed by atoms with Crippen molar-refractivity contribution in [2.75, 3.05) is 11.1 Å². The van der Waals surface area contributed by atoms with E-state index in [1.165, 1.54) is 0 Å². The molecular formula is C11H12N2O4S2. The Bertz CT molecular complexity index is 680. The molecule has 0 amide bonds. The van der Waals surface area contributed by atoms with Crippen LogP contribution in [0.4, 0.5) is 5.69 Å². The Morgan fingerprint density at radius 2 is 2.11 bits per heavy atom. The van der Waals surface area contributed by atoms with Crippen LogP contribution in [-0.2, 0) is 14.8 Å². The smallest absolute Gasteiger partial charge is 0.313 e. The highest BCUT2D eigenvalue weighted by atomic mass is 32.2. The van der Waals surface area contributed by atoms with Crippen LogP contribution in [0.5, 0.6) is 0 Å². The molecule has 0 atom stereocenters. The second kappa shape index (κ2) is 4.86. The molecule has 2 N–H and O–H groups in total. The van der Waals surface area contributed by atoms with Gasteiger partial charge >= 0.3 is 5.97 Å². The molecule has 1 heterocycles.